The van der Waals surface area contributed by atoms with Crippen LogP contribution in [0.5, 0.6) is 0 Å². The number of thiophene rings is 1. The van der Waals surface area contributed by atoms with Gasteiger partial charge in [0.15, 0.2) is 6.61 Å². The molecule has 2 atom stereocenters. The smallest absolute Gasteiger partial charge is 0.341 e. The molecule has 2 aliphatic rings. The Morgan fingerprint density at radius 2 is 1.60 bits per heavy atom. The molecule has 0 radical (unpaired) electrons. The summed E-state index contributed by atoms with van der Waals surface area (Å²) in [5.74, 6) is -4.25. The summed E-state index contributed by atoms with van der Waals surface area (Å²) in [6.45, 7) is 4.57. The van der Waals surface area contributed by atoms with Crippen LogP contribution in [0, 0.1) is 11.8 Å². The Bertz CT molecular complexity index is 1410. The number of methoxy groups -OCH3 is 1. The number of rotatable bonds is 7. The van der Waals surface area contributed by atoms with E-state index in [1.54, 1.807) is 13.8 Å². The molecule has 214 valence electrons. The minimum absolute atomic E-state index is 0.202. The number of anilines is 1. The third-order valence-electron chi connectivity index (χ3n) is 6.78. The van der Waals surface area contributed by atoms with E-state index in [-0.39, 0.29) is 31.2 Å². The number of esters is 2. The van der Waals surface area contributed by atoms with Gasteiger partial charge in [0, 0.05) is 4.88 Å². The van der Waals surface area contributed by atoms with E-state index in [1.807, 2.05) is 0 Å². The van der Waals surface area contributed by atoms with E-state index in [1.165, 1.54) is 18.4 Å². The molecular weight excluding hydrogens is 626 g/mol. The van der Waals surface area contributed by atoms with Crippen molar-refractivity contribution >= 4 is 92.4 Å². The van der Waals surface area contributed by atoms with Gasteiger partial charge in [-0.1, -0.05) is 67.2 Å². The van der Waals surface area contributed by atoms with Gasteiger partial charge in [-0.05, 0) is 36.7 Å². The number of nitrogens with one attached hydrogen (secondary N) is 1. The highest BCUT2D eigenvalue weighted by Crippen LogP contribution is 2.45. The Hall–Kier alpha value is -2.37. The van der Waals surface area contributed by atoms with Gasteiger partial charge in [-0.2, -0.15) is 0 Å². The number of ether oxygens (including phenoxy) is 2. The zero-order valence-corrected chi connectivity index (χ0v) is 25.6. The molecule has 40 heavy (non-hydrogen) atoms. The quantitative estimate of drug-likeness (QED) is 0.167. The summed E-state index contributed by atoms with van der Waals surface area (Å²) in [6, 6.07) is -1.41. The third kappa shape index (κ3) is 5.32. The van der Waals surface area contributed by atoms with Crippen LogP contribution in [0.1, 0.15) is 68.7 Å². The zero-order valence-electron chi connectivity index (χ0n) is 21.8. The van der Waals surface area contributed by atoms with Gasteiger partial charge in [0.1, 0.15) is 11.0 Å². The molecule has 0 saturated heterocycles. The number of imide groups is 1. The van der Waals surface area contributed by atoms with Crippen LogP contribution in [0.25, 0.3) is 0 Å². The van der Waals surface area contributed by atoms with Crippen LogP contribution in [0.15, 0.2) is 0 Å². The van der Waals surface area contributed by atoms with Gasteiger partial charge >= 0.3 is 11.9 Å². The number of carbonyl (C=O) groups is 5. The topological polar surface area (TPSA) is 119 Å². The van der Waals surface area contributed by atoms with Crippen LogP contribution in [-0.4, -0.2) is 54.3 Å². The standard InChI is InChI=1S/C26H24Cl4N2O7S/c1-9(2)21(32-23(34)15-16(24(32)35)18(28)20(30)19(29)17(15)27)26(37)39-8-13(33)31-22-14(25(36)38-4)11-6-5-10(3)7-12(11)40-22/h9-10,21H,5-8H2,1-4H3,(H,31,33)/t10-,21-/m1/s1. The predicted molar refractivity (Wildman–Crippen MR) is 152 cm³/mol. The van der Waals surface area contributed by atoms with Crippen LogP contribution >= 0.6 is 57.7 Å². The van der Waals surface area contributed by atoms with E-state index in [4.69, 9.17) is 55.9 Å². The van der Waals surface area contributed by atoms with E-state index in [0.29, 0.717) is 27.8 Å². The summed E-state index contributed by atoms with van der Waals surface area (Å²) in [4.78, 5) is 66.6. The number of carbonyl (C=O) groups excluding carboxylic acids is 5. The highest BCUT2D eigenvalue weighted by molar-refractivity contribution is 7.17. The molecule has 0 bridgehead atoms. The van der Waals surface area contributed by atoms with Crippen molar-refractivity contribution in [2.24, 2.45) is 11.8 Å². The highest BCUT2D eigenvalue weighted by atomic mass is 35.5. The lowest BCUT2D eigenvalue weighted by molar-refractivity contribution is -0.152. The highest BCUT2D eigenvalue weighted by Gasteiger charge is 2.48. The molecular formula is C26H24Cl4N2O7S. The molecule has 1 N–H and O–H groups in total. The first kappa shape index (κ1) is 30.6. The molecule has 0 unspecified atom stereocenters. The van der Waals surface area contributed by atoms with Crippen molar-refractivity contribution in [3.63, 3.8) is 0 Å². The van der Waals surface area contributed by atoms with E-state index < -0.39 is 48.2 Å². The first-order valence-electron chi connectivity index (χ1n) is 12.2. The second-order valence-electron chi connectivity index (χ2n) is 9.88. The average Bonchev–Trinajstić information content (AvgIpc) is 3.38. The van der Waals surface area contributed by atoms with E-state index in [0.717, 1.165) is 23.3 Å². The lowest BCUT2D eigenvalue weighted by atomic mass is 9.88. The molecule has 14 heteroatoms. The number of hydrogen-bond donors (Lipinski definition) is 1. The Morgan fingerprint density at radius 3 is 2.12 bits per heavy atom. The normalized spacial score (nSPS) is 17.0. The Morgan fingerprint density at radius 1 is 1.02 bits per heavy atom. The summed E-state index contributed by atoms with van der Waals surface area (Å²) in [7, 11) is 1.26. The fourth-order valence-electron chi connectivity index (χ4n) is 4.84. The number of fused-ring (bicyclic) bond motifs is 2. The van der Waals surface area contributed by atoms with Gasteiger partial charge in [-0.25, -0.2) is 9.59 Å². The summed E-state index contributed by atoms with van der Waals surface area (Å²) in [5, 5.41) is 2.01. The fourth-order valence-corrected chi connectivity index (χ4v) is 7.27. The minimum atomic E-state index is -1.41. The molecule has 0 spiro atoms. The number of amides is 3. The van der Waals surface area contributed by atoms with E-state index >= 15 is 0 Å². The van der Waals surface area contributed by atoms with Crippen LogP contribution in [0.4, 0.5) is 5.00 Å². The Balaban J connectivity index is 1.52. The van der Waals surface area contributed by atoms with Crippen molar-refractivity contribution in [1.82, 2.24) is 4.90 Å². The SMILES string of the molecule is COC(=O)c1c(NC(=O)COC(=O)[C@@H](C(C)C)N2C(=O)c3c(Cl)c(Cl)c(Cl)c(Cl)c3C2=O)sc2c1CC[C@@H](C)C2. The molecule has 1 aromatic heterocycles. The summed E-state index contributed by atoms with van der Waals surface area (Å²) in [5.41, 5.74) is 0.610. The molecule has 0 saturated carbocycles. The molecule has 1 aliphatic carbocycles. The number of nitrogens with zero attached hydrogens (tertiary/aromatic N) is 1. The third-order valence-corrected chi connectivity index (χ3v) is 9.76. The van der Waals surface area contributed by atoms with Gasteiger partial charge in [0.25, 0.3) is 17.7 Å². The fraction of sp³-hybridized carbons (Fsp3) is 0.423. The Labute approximate surface area is 254 Å². The number of hydrogen-bond acceptors (Lipinski definition) is 8. The molecule has 1 aromatic carbocycles. The van der Waals surface area contributed by atoms with Gasteiger partial charge in [-0.15, -0.1) is 11.3 Å². The van der Waals surface area contributed by atoms with Crippen LogP contribution in [0.2, 0.25) is 20.1 Å². The number of benzene rings is 1. The maximum atomic E-state index is 13.3. The first-order valence-corrected chi connectivity index (χ1v) is 14.6. The van der Waals surface area contributed by atoms with E-state index in [9.17, 15) is 24.0 Å². The predicted octanol–water partition coefficient (Wildman–Crippen LogP) is 6.08. The monoisotopic (exact) mass is 648 g/mol. The zero-order chi connectivity index (χ0) is 29.6. The van der Waals surface area contributed by atoms with Crippen molar-refractivity contribution in [2.75, 3.05) is 19.0 Å². The molecule has 2 aromatic rings. The molecule has 4 rings (SSSR count). The summed E-state index contributed by atoms with van der Waals surface area (Å²) in [6.07, 6.45) is 2.36. The molecule has 0 fully saturated rings. The summed E-state index contributed by atoms with van der Waals surface area (Å²) >= 11 is 25.8. The van der Waals surface area contributed by atoms with Gasteiger partial charge in [0.05, 0.1) is 43.9 Å². The van der Waals surface area contributed by atoms with Crippen molar-refractivity contribution in [2.45, 2.75) is 46.1 Å². The maximum absolute atomic E-state index is 13.3. The van der Waals surface area contributed by atoms with Crippen LogP contribution in [0.3, 0.4) is 0 Å². The maximum Gasteiger partial charge on any atom is 0.341 e. The lowest BCUT2D eigenvalue weighted by Gasteiger charge is -2.27. The summed E-state index contributed by atoms with van der Waals surface area (Å²) < 4.78 is 10.2. The van der Waals surface area contributed by atoms with Crippen molar-refractivity contribution in [1.29, 1.82) is 0 Å². The largest absolute Gasteiger partial charge is 0.465 e. The van der Waals surface area contributed by atoms with Crippen molar-refractivity contribution < 1.29 is 33.4 Å². The van der Waals surface area contributed by atoms with Crippen LogP contribution in [-0.2, 0) is 31.9 Å². The lowest BCUT2D eigenvalue weighted by Crippen LogP contribution is -2.49. The molecule has 9 nitrogen and oxygen atoms in total. The molecule has 3 amide bonds. The molecule has 2 heterocycles. The van der Waals surface area contributed by atoms with Gasteiger partial charge in [0.2, 0.25) is 0 Å². The first-order chi connectivity index (χ1) is 18.8. The van der Waals surface area contributed by atoms with Gasteiger partial charge < -0.3 is 14.8 Å². The minimum Gasteiger partial charge on any atom is -0.465 e. The van der Waals surface area contributed by atoms with Crippen molar-refractivity contribution in [3.8, 4) is 0 Å². The average molecular weight is 650 g/mol. The molecule has 1 aliphatic heterocycles. The Kier molecular flexibility index (Phi) is 9.06. The second-order valence-corrected chi connectivity index (χ2v) is 12.5. The van der Waals surface area contributed by atoms with Gasteiger partial charge in [-0.3, -0.25) is 19.3 Å². The van der Waals surface area contributed by atoms with Crippen LogP contribution < -0.4 is 5.32 Å². The van der Waals surface area contributed by atoms with E-state index in [2.05, 4.69) is 12.2 Å². The number of halogens is 4. The van der Waals surface area contributed by atoms with Crippen molar-refractivity contribution in [3.05, 3.63) is 47.2 Å². The second kappa shape index (κ2) is 11.9.